The SMILES string of the molecule is CCN=C(NC(C)c1cc(C)ccc1OC)NC1C2CCOC2C1(C)C.I. The van der Waals surface area contributed by atoms with E-state index in [2.05, 4.69) is 62.4 Å². The van der Waals surface area contributed by atoms with Crippen LogP contribution in [0.1, 0.15) is 51.3 Å². The van der Waals surface area contributed by atoms with Gasteiger partial charge in [-0.2, -0.15) is 0 Å². The van der Waals surface area contributed by atoms with Crippen LogP contribution >= 0.6 is 24.0 Å². The Morgan fingerprint density at radius 2 is 2.15 bits per heavy atom. The van der Waals surface area contributed by atoms with E-state index in [-0.39, 0.29) is 35.4 Å². The van der Waals surface area contributed by atoms with Gasteiger partial charge in [-0.3, -0.25) is 4.99 Å². The Bertz CT molecular complexity index is 677. The summed E-state index contributed by atoms with van der Waals surface area (Å²) in [5, 5.41) is 7.26. The van der Waals surface area contributed by atoms with E-state index in [9.17, 15) is 0 Å². The van der Waals surface area contributed by atoms with Crippen LogP contribution in [0.2, 0.25) is 0 Å². The third-order valence-corrected chi connectivity index (χ3v) is 5.91. The molecule has 6 heteroatoms. The number of benzene rings is 1. The van der Waals surface area contributed by atoms with Gasteiger partial charge >= 0.3 is 0 Å². The average Bonchev–Trinajstić information content (AvgIpc) is 3.06. The van der Waals surface area contributed by atoms with Crippen LogP contribution in [0.5, 0.6) is 5.75 Å². The highest BCUT2D eigenvalue weighted by atomic mass is 127. The third kappa shape index (κ3) is 4.36. The highest BCUT2D eigenvalue weighted by Crippen LogP contribution is 2.52. The zero-order chi connectivity index (χ0) is 18.9. The van der Waals surface area contributed by atoms with Crippen LogP contribution in [-0.4, -0.2) is 38.4 Å². The number of nitrogens with one attached hydrogen (secondary N) is 2. The van der Waals surface area contributed by atoms with E-state index in [4.69, 9.17) is 9.47 Å². The number of halogens is 1. The monoisotopic (exact) mass is 487 g/mol. The van der Waals surface area contributed by atoms with Gasteiger partial charge < -0.3 is 20.1 Å². The van der Waals surface area contributed by atoms with Gasteiger partial charge in [0.2, 0.25) is 0 Å². The predicted molar refractivity (Wildman–Crippen MR) is 121 cm³/mol. The second-order valence-corrected chi connectivity index (χ2v) is 8.12. The van der Waals surface area contributed by atoms with Crippen molar-refractivity contribution in [3.63, 3.8) is 0 Å². The number of hydrogen-bond acceptors (Lipinski definition) is 3. The van der Waals surface area contributed by atoms with Crippen LogP contribution in [0.3, 0.4) is 0 Å². The van der Waals surface area contributed by atoms with Gasteiger partial charge in [0, 0.05) is 36.1 Å². The van der Waals surface area contributed by atoms with Crippen LogP contribution < -0.4 is 15.4 Å². The molecule has 152 valence electrons. The summed E-state index contributed by atoms with van der Waals surface area (Å²) in [5.41, 5.74) is 2.50. The van der Waals surface area contributed by atoms with Crippen molar-refractivity contribution in [1.29, 1.82) is 0 Å². The van der Waals surface area contributed by atoms with E-state index >= 15 is 0 Å². The smallest absolute Gasteiger partial charge is 0.191 e. The molecule has 1 aliphatic carbocycles. The number of guanidine groups is 1. The minimum absolute atomic E-state index is 0. The van der Waals surface area contributed by atoms with Gasteiger partial charge in [0.25, 0.3) is 0 Å². The Morgan fingerprint density at radius 3 is 2.81 bits per heavy atom. The molecule has 4 unspecified atom stereocenters. The van der Waals surface area contributed by atoms with E-state index < -0.39 is 0 Å². The fourth-order valence-corrected chi connectivity index (χ4v) is 4.53. The number of aryl methyl sites for hydroxylation is 1. The Labute approximate surface area is 180 Å². The Kier molecular flexibility index (Phi) is 7.41. The third-order valence-electron chi connectivity index (χ3n) is 5.91. The van der Waals surface area contributed by atoms with Crippen molar-refractivity contribution in [2.24, 2.45) is 16.3 Å². The fourth-order valence-electron chi connectivity index (χ4n) is 4.53. The molecule has 1 saturated carbocycles. The van der Waals surface area contributed by atoms with E-state index in [1.165, 1.54) is 5.56 Å². The molecular formula is C21H34IN3O2. The lowest BCUT2D eigenvalue weighted by atomic mass is 9.57. The Balaban J connectivity index is 0.00000261. The van der Waals surface area contributed by atoms with Crippen LogP contribution in [-0.2, 0) is 4.74 Å². The molecule has 1 heterocycles. The lowest BCUT2D eigenvalue weighted by Crippen LogP contribution is -2.68. The second-order valence-electron chi connectivity index (χ2n) is 8.12. The second kappa shape index (κ2) is 8.99. The summed E-state index contributed by atoms with van der Waals surface area (Å²) >= 11 is 0. The zero-order valence-corrected chi connectivity index (χ0v) is 19.7. The largest absolute Gasteiger partial charge is 0.496 e. The summed E-state index contributed by atoms with van der Waals surface area (Å²) < 4.78 is 11.5. The molecule has 4 atom stereocenters. The van der Waals surface area contributed by atoms with Gasteiger partial charge in [-0.05, 0) is 33.3 Å². The maximum Gasteiger partial charge on any atom is 0.191 e. The lowest BCUT2D eigenvalue weighted by molar-refractivity contribution is -0.106. The number of nitrogens with zero attached hydrogens (tertiary/aromatic N) is 1. The van der Waals surface area contributed by atoms with Gasteiger partial charge in [-0.25, -0.2) is 0 Å². The van der Waals surface area contributed by atoms with Crippen LogP contribution in [0, 0.1) is 18.3 Å². The number of hydrogen-bond donors (Lipinski definition) is 2. The molecule has 0 radical (unpaired) electrons. The lowest BCUT2D eigenvalue weighted by Gasteiger charge is -2.55. The first-order chi connectivity index (χ1) is 12.4. The average molecular weight is 487 g/mol. The first-order valence-corrected chi connectivity index (χ1v) is 9.72. The minimum atomic E-state index is 0. The maximum absolute atomic E-state index is 5.92. The van der Waals surface area contributed by atoms with Crippen molar-refractivity contribution in [2.75, 3.05) is 20.3 Å². The number of methoxy groups -OCH3 is 1. The molecule has 0 bridgehead atoms. The molecule has 27 heavy (non-hydrogen) atoms. The Hall–Kier alpha value is -1.02. The van der Waals surface area contributed by atoms with Crippen LogP contribution in [0.4, 0.5) is 0 Å². The number of ether oxygens (including phenoxy) is 2. The molecule has 3 rings (SSSR count). The zero-order valence-electron chi connectivity index (χ0n) is 17.3. The van der Waals surface area contributed by atoms with Crippen molar-refractivity contribution in [3.8, 4) is 5.75 Å². The van der Waals surface area contributed by atoms with Crippen LogP contribution in [0.15, 0.2) is 23.2 Å². The molecule has 1 aliphatic heterocycles. The molecule has 2 aliphatic rings. The standard InChI is InChI=1S/C21H33N3O2.HI/c1-7-22-20(24-18-15-10-11-26-19(15)21(18,4)5)23-14(3)16-12-13(2)8-9-17(16)25-6;/h8-9,12,14-15,18-19H,7,10-11H2,1-6H3,(H2,22,23,24);1H. The molecular weight excluding hydrogens is 453 g/mol. The predicted octanol–water partition coefficient (Wildman–Crippen LogP) is 4.05. The number of rotatable bonds is 5. The van der Waals surface area contributed by atoms with Gasteiger partial charge in [0.05, 0.1) is 19.3 Å². The summed E-state index contributed by atoms with van der Waals surface area (Å²) in [6, 6.07) is 6.77. The summed E-state index contributed by atoms with van der Waals surface area (Å²) in [5.74, 6) is 2.35. The number of fused-ring (bicyclic) bond motifs is 1. The van der Waals surface area contributed by atoms with Crippen molar-refractivity contribution in [2.45, 2.75) is 59.2 Å². The molecule has 2 N–H and O–H groups in total. The molecule has 2 fully saturated rings. The van der Waals surface area contributed by atoms with Crippen molar-refractivity contribution >= 4 is 29.9 Å². The topological polar surface area (TPSA) is 54.9 Å². The molecule has 1 aromatic carbocycles. The van der Waals surface area contributed by atoms with Gasteiger partial charge in [-0.15, -0.1) is 24.0 Å². The quantitative estimate of drug-likeness (QED) is 0.374. The summed E-state index contributed by atoms with van der Waals surface area (Å²) in [6.07, 6.45) is 1.50. The first kappa shape index (κ1) is 22.3. The van der Waals surface area contributed by atoms with E-state index in [1.807, 2.05) is 6.07 Å². The fraction of sp³-hybridized carbons (Fsp3) is 0.667. The summed E-state index contributed by atoms with van der Waals surface area (Å²) in [7, 11) is 1.72. The summed E-state index contributed by atoms with van der Waals surface area (Å²) in [4.78, 5) is 4.68. The molecule has 0 amide bonds. The molecule has 0 spiro atoms. The van der Waals surface area contributed by atoms with Gasteiger partial charge in [-0.1, -0.05) is 31.5 Å². The van der Waals surface area contributed by atoms with Crippen molar-refractivity contribution < 1.29 is 9.47 Å². The van der Waals surface area contributed by atoms with E-state index in [0.717, 1.165) is 36.8 Å². The van der Waals surface area contributed by atoms with E-state index in [0.29, 0.717) is 18.1 Å². The maximum atomic E-state index is 5.92. The van der Waals surface area contributed by atoms with Gasteiger partial charge in [0.1, 0.15) is 5.75 Å². The van der Waals surface area contributed by atoms with E-state index in [1.54, 1.807) is 7.11 Å². The highest BCUT2D eigenvalue weighted by molar-refractivity contribution is 14.0. The molecule has 5 nitrogen and oxygen atoms in total. The van der Waals surface area contributed by atoms with Gasteiger partial charge in [0.15, 0.2) is 5.96 Å². The van der Waals surface area contributed by atoms with Crippen molar-refractivity contribution in [1.82, 2.24) is 10.6 Å². The first-order valence-electron chi connectivity index (χ1n) is 9.72. The van der Waals surface area contributed by atoms with Crippen LogP contribution in [0.25, 0.3) is 0 Å². The molecule has 0 aromatic heterocycles. The van der Waals surface area contributed by atoms with Crippen molar-refractivity contribution in [3.05, 3.63) is 29.3 Å². The normalized spacial score (nSPS) is 27.0. The highest BCUT2D eigenvalue weighted by Gasteiger charge is 2.59. The minimum Gasteiger partial charge on any atom is -0.496 e. The molecule has 1 aromatic rings. The molecule has 1 saturated heterocycles. The summed E-state index contributed by atoms with van der Waals surface area (Å²) in [6.45, 7) is 12.5. The number of aliphatic imine (C=N–C) groups is 1. The Morgan fingerprint density at radius 1 is 1.41 bits per heavy atom.